The quantitative estimate of drug-likeness (QED) is 0.391. The van der Waals surface area contributed by atoms with Crippen LogP contribution in [-0.4, -0.2) is 45.8 Å². The number of nitriles is 1. The van der Waals surface area contributed by atoms with Gasteiger partial charge < -0.3 is 9.64 Å². The molecule has 0 N–H and O–H groups in total. The fraction of sp³-hybridized carbons (Fsp3) is 0.167. The Morgan fingerprint density at radius 1 is 1.18 bits per heavy atom. The van der Waals surface area contributed by atoms with Gasteiger partial charge in [-0.25, -0.2) is 14.1 Å². The van der Waals surface area contributed by atoms with Crippen molar-refractivity contribution in [3.8, 4) is 22.5 Å². The van der Waals surface area contributed by atoms with E-state index in [0.29, 0.717) is 36.8 Å². The highest BCUT2D eigenvalue weighted by atomic mass is 32.1. The molecule has 166 valence electrons. The Labute approximate surface area is 194 Å². The van der Waals surface area contributed by atoms with Crippen molar-refractivity contribution in [2.24, 2.45) is 0 Å². The minimum atomic E-state index is -0.360. The van der Waals surface area contributed by atoms with Gasteiger partial charge in [-0.1, -0.05) is 18.2 Å². The first kappa shape index (κ1) is 22.3. The fourth-order valence-electron chi connectivity index (χ4n) is 3.23. The van der Waals surface area contributed by atoms with Crippen LogP contribution in [0.25, 0.3) is 16.4 Å². The van der Waals surface area contributed by atoms with Crippen molar-refractivity contribution in [3.63, 3.8) is 0 Å². The topological polar surface area (TPSA) is 84.0 Å². The number of thiophene rings is 1. The molecule has 2 aromatic carbocycles. The summed E-state index contributed by atoms with van der Waals surface area (Å²) in [5.74, 6) is -0.173. The van der Waals surface area contributed by atoms with Crippen LogP contribution < -0.4 is 0 Å². The number of aromatic nitrogens is 3. The Hall–Kier alpha value is -3.87. The molecule has 9 heteroatoms. The number of carbonyl (C=O) groups excluding carboxylic acids is 1. The first-order chi connectivity index (χ1) is 16.1. The fourth-order valence-corrected chi connectivity index (χ4v) is 3.93. The number of nitrogens with zero attached hydrogens (tertiary/aromatic N) is 5. The van der Waals surface area contributed by atoms with Crippen molar-refractivity contribution in [2.75, 3.05) is 20.3 Å². The van der Waals surface area contributed by atoms with Crippen molar-refractivity contribution >= 4 is 17.2 Å². The molecule has 2 heterocycles. The summed E-state index contributed by atoms with van der Waals surface area (Å²) in [7, 11) is 1.57. The lowest BCUT2D eigenvalue weighted by atomic mass is 10.1. The van der Waals surface area contributed by atoms with Crippen LogP contribution in [0.15, 0.2) is 66.0 Å². The third-order valence-corrected chi connectivity index (χ3v) is 5.79. The molecular weight excluding hydrogens is 441 g/mol. The molecule has 1 amide bonds. The van der Waals surface area contributed by atoms with Gasteiger partial charge >= 0.3 is 0 Å². The predicted molar refractivity (Wildman–Crippen MR) is 122 cm³/mol. The predicted octanol–water partition coefficient (Wildman–Crippen LogP) is 4.30. The average Bonchev–Trinajstić information content (AvgIpc) is 3.52. The Morgan fingerprint density at radius 3 is 2.58 bits per heavy atom. The monoisotopic (exact) mass is 461 g/mol. The molecule has 0 unspecified atom stereocenters. The maximum absolute atomic E-state index is 13.5. The molecule has 0 saturated carbocycles. The van der Waals surface area contributed by atoms with Crippen LogP contribution in [0.2, 0.25) is 0 Å². The lowest BCUT2D eigenvalue weighted by Crippen LogP contribution is -2.34. The van der Waals surface area contributed by atoms with E-state index in [2.05, 4.69) is 16.2 Å². The van der Waals surface area contributed by atoms with Gasteiger partial charge in [-0.05, 0) is 53.4 Å². The van der Waals surface area contributed by atoms with E-state index in [4.69, 9.17) is 10.00 Å². The molecule has 33 heavy (non-hydrogen) atoms. The minimum Gasteiger partial charge on any atom is -0.383 e. The summed E-state index contributed by atoms with van der Waals surface area (Å²) in [6, 6.07) is 18.8. The van der Waals surface area contributed by atoms with Gasteiger partial charge in [0, 0.05) is 20.2 Å². The molecule has 4 aromatic rings. The van der Waals surface area contributed by atoms with Gasteiger partial charge in [0.2, 0.25) is 5.82 Å². The van der Waals surface area contributed by atoms with Crippen molar-refractivity contribution in [1.29, 1.82) is 5.26 Å². The van der Waals surface area contributed by atoms with E-state index in [9.17, 15) is 9.18 Å². The van der Waals surface area contributed by atoms with E-state index in [1.165, 1.54) is 23.5 Å². The number of hydrogen-bond donors (Lipinski definition) is 0. The highest BCUT2D eigenvalue weighted by Crippen LogP contribution is 2.26. The molecule has 0 atom stereocenters. The molecule has 0 aliphatic rings. The number of hydrogen-bond acceptors (Lipinski definition) is 6. The summed E-state index contributed by atoms with van der Waals surface area (Å²) in [6.45, 7) is 1.00. The number of carbonyl (C=O) groups is 1. The van der Waals surface area contributed by atoms with Gasteiger partial charge in [0.1, 0.15) is 5.82 Å². The van der Waals surface area contributed by atoms with Crippen LogP contribution in [0.4, 0.5) is 4.39 Å². The standard InChI is InChI=1S/C24H20FN5O2S/c1-32-13-12-29(16-18-6-4-17(15-26)5-7-18)24(31)22-27-23(21-3-2-14-33-21)30(28-22)20-10-8-19(25)9-11-20/h2-11,14H,12-13,16H2,1H3. The van der Waals surface area contributed by atoms with Crippen LogP contribution >= 0.6 is 11.3 Å². The second-order valence-corrected chi connectivity index (χ2v) is 8.10. The number of benzene rings is 2. The first-order valence-corrected chi connectivity index (χ1v) is 11.0. The number of rotatable bonds is 8. The number of halogens is 1. The van der Waals surface area contributed by atoms with Crippen molar-refractivity contribution < 1.29 is 13.9 Å². The van der Waals surface area contributed by atoms with Crippen LogP contribution in [0.1, 0.15) is 21.7 Å². The highest BCUT2D eigenvalue weighted by Gasteiger charge is 2.24. The molecule has 0 bridgehead atoms. The second-order valence-electron chi connectivity index (χ2n) is 7.15. The van der Waals surface area contributed by atoms with E-state index in [1.807, 2.05) is 29.6 Å². The third kappa shape index (κ3) is 5.14. The molecule has 0 aliphatic carbocycles. The lowest BCUT2D eigenvalue weighted by molar-refractivity contribution is 0.0668. The maximum atomic E-state index is 13.5. The van der Waals surface area contributed by atoms with Gasteiger partial charge in [-0.2, -0.15) is 5.26 Å². The first-order valence-electron chi connectivity index (χ1n) is 10.1. The third-order valence-electron chi connectivity index (χ3n) is 4.92. The summed E-state index contributed by atoms with van der Waals surface area (Å²) in [4.78, 5) is 20.4. The zero-order chi connectivity index (χ0) is 23.2. The number of ether oxygens (including phenoxy) is 1. The molecule has 0 fully saturated rings. The molecule has 0 saturated heterocycles. The summed E-state index contributed by atoms with van der Waals surface area (Å²) in [6.07, 6.45) is 0. The zero-order valence-electron chi connectivity index (χ0n) is 17.8. The maximum Gasteiger partial charge on any atom is 0.293 e. The van der Waals surface area contributed by atoms with Crippen LogP contribution in [0.5, 0.6) is 0 Å². The van der Waals surface area contributed by atoms with E-state index in [-0.39, 0.29) is 17.5 Å². The summed E-state index contributed by atoms with van der Waals surface area (Å²) >= 11 is 1.47. The van der Waals surface area contributed by atoms with Gasteiger partial charge in [0.15, 0.2) is 5.82 Å². The Balaban J connectivity index is 1.68. The van der Waals surface area contributed by atoms with E-state index >= 15 is 0 Å². The molecule has 7 nitrogen and oxygen atoms in total. The molecule has 0 radical (unpaired) electrons. The van der Waals surface area contributed by atoms with Crippen LogP contribution in [-0.2, 0) is 11.3 Å². The molecule has 0 aliphatic heterocycles. The second kappa shape index (κ2) is 10.2. The largest absolute Gasteiger partial charge is 0.383 e. The minimum absolute atomic E-state index is 0.0347. The van der Waals surface area contributed by atoms with Crippen LogP contribution in [0, 0.1) is 17.1 Å². The lowest BCUT2D eigenvalue weighted by Gasteiger charge is -2.21. The normalized spacial score (nSPS) is 10.7. The van der Waals surface area contributed by atoms with Crippen molar-refractivity contribution in [1.82, 2.24) is 19.7 Å². The molecule has 0 spiro atoms. The smallest absolute Gasteiger partial charge is 0.293 e. The molecule has 4 rings (SSSR count). The number of methoxy groups -OCH3 is 1. The van der Waals surface area contributed by atoms with Crippen LogP contribution in [0.3, 0.4) is 0 Å². The highest BCUT2D eigenvalue weighted by molar-refractivity contribution is 7.13. The van der Waals surface area contributed by atoms with Gasteiger partial charge in [0.05, 0.1) is 28.8 Å². The SMILES string of the molecule is COCCN(Cc1ccc(C#N)cc1)C(=O)c1nc(-c2cccs2)n(-c2ccc(F)cc2)n1. The molecular formula is C24H20FN5O2S. The molecule has 2 aromatic heterocycles. The average molecular weight is 462 g/mol. The Morgan fingerprint density at radius 2 is 1.94 bits per heavy atom. The Bertz CT molecular complexity index is 1260. The summed E-state index contributed by atoms with van der Waals surface area (Å²) in [5, 5.41) is 15.4. The van der Waals surface area contributed by atoms with Gasteiger partial charge in [0.25, 0.3) is 5.91 Å². The van der Waals surface area contributed by atoms with E-state index < -0.39 is 0 Å². The number of amides is 1. The van der Waals surface area contributed by atoms with Gasteiger partial charge in [-0.15, -0.1) is 16.4 Å². The van der Waals surface area contributed by atoms with Crippen molar-refractivity contribution in [2.45, 2.75) is 6.54 Å². The zero-order valence-corrected chi connectivity index (χ0v) is 18.6. The van der Waals surface area contributed by atoms with E-state index in [0.717, 1.165) is 10.4 Å². The van der Waals surface area contributed by atoms with Gasteiger partial charge in [-0.3, -0.25) is 4.79 Å². The summed E-state index contributed by atoms with van der Waals surface area (Å²) < 4.78 is 20.2. The Kier molecular flexibility index (Phi) is 6.88. The van der Waals surface area contributed by atoms with Crippen molar-refractivity contribution in [3.05, 3.63) is 88.8 Å². The summed E-state index contributed by atoms with van der Waals surface area (Å²) in [5.41, 5.74) is 2.02. The van der Waals surface area contributed by atoms with E-state index in [1.54, 1.807) is 41.0 Å².